The standard InChI is InChI=1S/C8H5O2S4.3CH3.Sn/c1-2-10-6-5(9-1)13-8(14-6)7-11-3-4-12-7;;;;/h3H,1-2H2;3*1H3;. The van der Waals surface area contributed by atoms with Crippen molar-refractivity contribution in [1.29, 1.82) is 0 Å². The average molecular weight is 425 g/mol. The molecule has 0 bridgehead atoms. The van der Waals surface area contributed by atoms with E-state index >= 15 is 0 Å². The molecule has 3 rings (SSSR count). The minimum absolute atomic E-state index is 0.678. The van der Waals surface area contributed by atoms with E-state index in [1.54, 1.807) is 26.4 Å². The van der Waals surface area contributed by atoms with Crippen molar-refractivity contribution < 1.29 is 9.47 Å². The zero-order chi connectivity index (χ0) is 12.8. The quantitative estimate of drug-likeness (QED) is 0.549. The van der Waals surface area contributed by atoms with Gasteiger partial charge >= 0.3 is 130 Å². The van der Waals surface area contributed by atoms with Crippen molar-refractivity contribution in [2.45, 2.75) is 14.8 Å². The van der Waals surface area contributed by atoms with E-state index in [9.17, 15) is 0 Å². The van der Waals surface area contributed by atoms with Crippen LogP contribution < -0.4 is 0 Å². The van der Waals surface area contributed by atoms with Crippen LogP contribution in [0.4, 0.5) is 0 Å². The number of hydrogen-bond donors (Lipinski definition) is 0. The average Bonchev–Trinajstić information content (AvgIpc) is 2.94. The zero-order valence-electron chi connectivity index (χ0n) is 10.4. The molecule has 0 aromatic carbocycles. The summed E-state index contributed by atoms with van der Waals surface area (Å²) in [5.41, 5.74) is 0. The van der Waals surface area contributed by atoms with Crippen molar-refractivity contribution in [3.63, 3.8) is 0 Å². The minimum atomic E-state index is -1.90. The van der Waals surface area contributed by atoms with Gasteiger partial charge in [0.2, 0.25) is 0 Å². The topological polar surface area (TPSA) is 18.5 Å². The van der Waals surface area contributed by atoms with Gasteiger partial charge in [-0.1, -0.05) is 0 Å². The Labute approximate surface area is 129 Å². The van der Waals surface area contributed by atoms with Gasteiger partial charge < -0.3 is 0 Å². The Morgan fingerprint density at radius 1 is 0.944 bits per heavy atom. The molecule has 0 saturated carbocycles. The van der Waals surface area contributed by atoms with Crippen LogP contribution in [-0.4, -0.2) is 31.6 Å². The summed E-state index contributed by atoms with van der Waals surface area (Å²) in [7, 11) is 0. The summed E-state index contributed by atoms with van der Waals surface area (Å²) >= 11 is 5.40. The Bertz CT molecular complexity index is 456. The van der Waals surface area contributed by atoms with E-state index in [1.807, 2.05) is 23.5 Å². The molecule has 3 aliphatic rings. The molecule has 0 radical (unpaired) electrons. The van der Waals surface area contributed by atoms with E-state index in [2.05, 4.69) is 20.2 Å². The first-order valence-electron chi connectivity index (χ1n) is 5.69. The van der Waals surface area contributed by atoms with Gasteiger partial charge in [-0.15, -0.1) is 0 Å². The molecule has 0 fully saturated rings. The van der Waals surface area contributed by atoms with Crippen LogP contribution in [0.1, 0.15) is 0 Å². The molecule has 2 nitrogen and oxygen atoms in total. The molecule has 18 heavy (non-hydrogen) atoms. The molecule has 0 atom stereocenters. The van der Waals surface area contributed by atoms with E-state index in [1.165, 1.54) is 8.47 Å². The molecular weight excluding hydrogens is 411 g/mol. The number of rotatable bonds is 1. The summed E-state index contributed by atoms with van der Waals surface area (Å²) in [6.45, 7) is 1.36. The fraction of sp³-hybridized carbons (Fsp3) is 0.455. The maximum atomic E-state index is 5.63. The van der Waals surface area contributed by atoms with Crippen molar-refractivity contribution in [3.05, 3.63) is 27.0 Å². The van der Waals surface area contributed by atoms with E-state index in [4.69, 9.17) is 9.47 Å². The monoisotopic (exact) mass is 426 g/mol. The van der Waals surface area contributed by atoms with Gasteiger partial charge in [-0.2, -0.15) is 0 Å². The summed E-state index contributed by atoms with van der Waals surface area (Å²) in [4.78, 5) is 7.39. The molecule has 3 aliphatic heterocycles. The van der Waals surface area contributed by atoms with Crippen LogP contribution in [0, 0.1) is 0 Å². The Balaban J connectivity index is 1.73. The van der Waals surface area contributed by atoms with E-state index in [-0.39, 0.29) is 0 Å². The van der Waals surface area contributed by atoms with Crippen molar-refractivity contribution in [2.75, 3.05) is 13.2 Å². The molecule has 3 heterocycles. The van der Waals surface area contributed by atoms with Crippen molar-refractivity contribution in [1.82, 2.24) is 0 Å². The van der Waals surface area contributed by atoms with Crippen LogP contribution in [0.5, 0.6) is 0 Å². The van der Waals surface area contributed by atoms with Crippen LogP contribution in [0.15, 0.2) is 27.0 Å². The van der Waals surface area contributed by atoms with Crippen LogP contribution in [-0.2, 0) is 9.47 Å². The molecule has 0 saturated heterocycles. The van der Waals surface area contributed by atoms with Crippen LogP contribution in [0.2, 0.25) is 14.8 Å². The fourth-order valence-electron chi connectivity index (χ4n) is 1.48. The second-order valence-electron chi connectivity index (χ2n) is 5.00. The van der Waals surface area contributed by atoms with Gasteiger partial charge in [0.1, 0.15) is 0 Å². The Morgan fingerprint density at radius 2 is 1.56 bits per heavy atom. The molecule has 7 heteroatoms. The second-order valence-corrected chi connectivity index (χ2v) is 24.8. The van der Waals surface area contributed by atoms with Gasteiger partial charge in [-0.3, -0.25) is 0 Å². The van der Waals surface area contributed by atoms with Crippen LogP contribution in [0.3, 0.4) is 0 Å². The van der Waals surface area contributed by atoms with Crippen molar-refractivity contribution >= 4 is 65.4 Å². The van der Waals surface area contributed by atoms with E-state index in [0.717, 1.165) is 10.2 Å². The summed E-state index contributed by atoms with van der Waals surface area (Å²) in [6.07, 6.45) is 0. The Hall–Kier alpha value is 1.02. The Kier molecular flexibility index (Phi) is 4.21. The first-order valence-corrected chi connectivity index (χ1v) is 19.0. The number of thioether (sulfide) groups is 4. The fourth-order valence-corrected chi connectivity index (χ4v) is 14.3. The summed E-state index contributed by atoms with van der Waals surface area (Å²) in [5.74, 6) is 0. The maximum absolute atomic E-state index is 5.63. The predicted molar refractivity (Wildman–Crippen MR) is 87.7 cm³/mol. The molecule has 0 spiro atoms. The number of hydrogen-bond acceptors (Lipinski definition) is 6. The van der Waals surface area contributed by atoms with Crippen LogP contribution >= 0.6 is 47.0 Å². The first kappa shape index (κ1) is 14.0. The SMILES string of the molecule is [CH3][Sn]([CH3])([CH3])[C]1=CSC(=C2SC3=C(OCCO3)S2)S1. The molecule has 0 unspecified atom stereocenters. The van der Waals surface area contributed by atoms with Gasteiger partial charge in [0.15, 0.2) is 0 Å². The normalized spacial score (nSPS) is 23.8. The molecule has 0 aromatic heterocycles. The number of ether oxygens (including phenoxy) is 2. The third-order valence-corrected chi connectivity index (χ3v) is 17.8. The van der Waals surface area contributed by atoms with E-state index < -0.39 is 18.4 Å². The summed E-state index contributed by atoms with van der Waals surface area (Å²) < 4.78 is 15.6. The van der Waals surface area contributed by atoms with Gasteiger partial charge in [0.05, 0.1) is 0 Å². The third-order valence-electron chi connectivity index (χ3n) is 2.47. The molecule has 0 aliphatic carbocycles. The second kappa shape index (κ2) is 5.42. The van der Waals surface area contributed by atoms with Gasteiger partial charge in [0.25, 0.3) is 0 Å². The van der Waals surface area contributed by atoms with Gasteiger partial charge in [-0.05, 0) is 0 Å². The molecular formula is C11H14O2S4Sn. The first-order chi connectivity index (χ1) is 8.54. The van der Waals surface area contributed by atoms with E-state index in [0.29, 0.717) is 13.2 Å². The molecule has 98 valence electrons. The van der Waals surface area contributed by atoms with Gasteiger partial charge in [-0.25, -0.2) is 0 Å². The van der Waals surface area contributed by atoms with Crippen molar-refractivity contribution in [2.24, 2.45) is 0 Å². The predicted octanol–water partition coefficient (Wildman–Crippen LogP) is 4.97. The zero-order valence-corrected chi connectivity index (χ0v) is 16.6. The van der Waals surface area contributed by atoms with Crippen molar-refractivity contribution in [3.8, 4) is 0 Å². The Morgan fingerprint density at radius 3 is 2.06 bits per heavy atom. The molecule has 0 amide bonds. The summed E-state index contributed by atoms with van der Waals surface area (Å²) in [6, 6.07) is 0. The van der Waals surface area contributed by atoms with Crippen LogP contribution in [0.25, 0.3) is 0 Å². The third kappa shape index (κ3) is 2.87. The molecule has 0 aromatic rings. The van der Waals surface area contributed by atoms with Gasteiger partial charge in [0, 0.05) is 0 Å². The molecule has 0 N–H and O–H groups in total. The summed E-state index contributed by atoms with van der Waals surface area (Å²) in [5, 5.41) is 4.29.